The molecule has 3 heterocycles. The molecule has 0 aliphatic carbocycles. The van der Waals surface area contributed by atoms with Crippen molar-refractivity contribution in [2.45, 2.75) is 19.4 Å². The summed E-state index contributed by atoms with van der Waals surface area (Å²) in [5, 5.41) is 2.11. The highest BCUT2D eigenvalue weighted by molar-refractivity contribution is 9.10. The smallest absolute Gasteiger partial charge is 0.166 e. The summed E-state index contributed by atoms with van der Waals surface area (Å²) < 4.78 is 14.6. The molecule has 0 N–H and O–H groups in total. The number of fused-ring (bicyclic) bond motifs is 1. The van der Waals surface area contributed by atoms with Crippen molar-refractivity contribution >= 4 is 33.1 Å². The molecule has 1 unspecified atom stereocenters. The molecule has 1 aliphatic rings. The van der Waals surface area contributed by atoms with E-state index in [0.717, 1.165) is 13.0 Å². The lowest BCUT2D eigenvalue weighted by Gasteiger charge is -2.34. The van der Waals surface area contributed by atoms with Gasteiger partial charge in [0.25, 0.3) is 0 Å². The van der Waals surface area contributed by atoms with Crippen molar-refractivity contribution in [2.24, 2.45) is 0 Å². The van der Waals surface area contributed by atoms with Crippen LogP contribution in [0.25, 0.3) is 0 Å². The minimum atomic E-state index is -0.269. The predicted molar refractivity (Wildman–Crippen MR) is 75.7 cm³/mol. The monoisotopic (exact) mass is 326 g/mol. The van der Waals surface area contributed by atoms with E-state index in [2.05, 4.69) is 39.3 Å². The first-order valence-corrected chi connectivity index (χ1v) is 7.48. The molecule has 0 saturated carbocycles. The molecule has 3 rings (SSSR count). The van der Waals surface area contributed by atoms with E-state index in [9.17, 15) is 4.39 Å². The van der Waals surface area contributed by atoms with Crippen molar-refractivity contribution in [1.29, 1.82) is 0 Å². The lowest BCUT2D eigenvalue weighted by Crippen LogP contribution is -2.34. The molecule has 2 aromatic heterocycles. The number of pyridine rings is 1. The number of halogens is 2. The Morgan fingerprint density at radius 1 is 1.56 bits per heavy atom. The minimum Gasteiger partial charge on any atom is -0.347 e. The Morgan fingerprint density at radius 2 is 2.39 bits per heavy atom. The standard InChI is InChI=1S/C13H12BrFN2S/c1-8-10-3-5-18-12(10)2-4-17(8)13-11(15)6-9(14)7-16-13/h3,5-8H,2,4H2,1H3. The van der Waals surface area contributed by atoms with Gasteiger partial charge in [-0.15, -0.1) is 11.3 Å². The Bertz CT molecular complexity index is 584. The highest BCUT2D eigenvalue weighted by Crippen LogP contribution is 2.36. The zero-order valence-corrected chi connectivity index (χ0v) is 12.3. The summed E-state index contributed by atoms with van der Waals surface area (Å²) in [5.41, 5.74) is 1.30. The zero-order valence-electron chi connectivity index (χ0n) is 9.86. The highest BCUT2D eigenvalue weighted by atomic mass is 79.9. The van der Waals surface area contributed by atoms with Crippen molar-refractivity contribution in [3.8, 4) is 0 Å². The summed E-state index contributed by atoms with van der Waals surface area (Å²) in [4.78, 5) is 7.67. The van der Waals surface area contributed by atoms with E-state index in [0.29, 0.717) is 10.3 Å². The van der Waals surface area contributed by atoms with E-state index in [1.807, 2.05) is 4.90 Å². The van der Waals surface area contributed by atoms with Gasteiger partial charge in [0.05, 0.1) is 6.04 Å². The summed E-state index contributed by atoms with van der Waals surface area (Å²) in [5.74, 6) is 0.178. The second-order valence-corrected chi connectivity index (χ2v) is 6.29. The fraction of sp³-hybridized carbons (Fsp3) is 0.308. The number of nitrogens with zero attached hydrogens (tertiary/aromatic N) is 2. The molecular weight excluding hydrogens is 315 g/mol. The molecule has 18 heavy (non-hydrogen) atoms. The van der Waals surface area contributed by atoms with Gasteiger partial charge in [-0.2, -0.15) is 0 Å². The topological polar surface area (TPSA) is 16.1 Å². The van der Waals surface area contributed by atoms with Gasteiger partial charge in [0.2, 0.25) is 0 Å². The Hall–Kier alpha value is -0.940. The summed E-state index contributed by atoms with van der Waals surface area (Å²) in [7, 11) is 0. The molecule has 0 amide bonds. The minimum absolute atomic E-state index is 0.183. The van der Waals surface area contributed by atoms with Crippen molar-refractivity contribution in [2.75, 3.05) is 11.4 Å². The number of rotatable bonds is 1. The van der Waals surface area contributed by atoms with Crippen LogP contribution in [0.2, 0.25) is 0 Å². The molecule has 0 bridgehead atoms. The third-order valence-electron chi connectivity index (χ3n) is 3.34. The Morgan fingerprint density at radius 3 is 3.17 bits per heavy atom. The van der Waals surface area contributed by atoms with Crippen LogP contribution in [0.1, 0.15) is 23.4 Å². The van der Waals surface area contributed by atoms with Gasteiger partial charge in [-0.1, -0.05) is 0 Å². The van der Waals surface area contributed by atoms with Gasteiger partial charge in [-0.25, -0.2) is 9.37 Å². The van der Waals surface area contributed by atoms with Crippen LogP contribution in [0, 0.1) is 5.82 Å². The van der Waals surface area contributed by atoms with E-state index >= 15 is 0 Å². The number of aromatic nitrogens is 1. The van der Waals surface area contributed by atoms with Crippen LogP contribution in [-0.4, -0.2) is 11.5 Å². The number of hydrogen-bond donors (Lipinski definition) is 0. The third-order valence-corrected chi connectivity index (χ3v) is 4.77. The maximum atomic E-state index is 14.0. The van der Waals surface area contributed by atoms with E-state index in [1.165, 1.54) is 16.5 Å². The molecule has 0 fully saturated rings. The van der Waals surface area contributed by atoms with Gasteiger partial charge < -0.3 is 4.90 Å². The maximum Gasteiger partial charge on any atom is 0.166 e. The second-order valence-electron chi connectivity index (χ2n) is 4.38. The van der Waals surface area contributed by atoms with Gasteiger partial charge in [0.1, 0.15) is 0 Å². The SMILES string of the molecule is CC1c2ccsc2CCN1c1ncc(Br)cc1F. The van der Waals surface area contributed by atoms with E-state index in [-0.39, 0.29) is 11.9 Å². The average molecular weight is 327 g/mol. The molecule has 1 aliphatic heterocycles. The van der Waals surface area contributed by atoms with Gasteiger partial charge in [0, 0.05) is 22.1 Å². The lowest BCUT2D eigenvalue weighted by atomic mass is 10.0. The second kappa shape index (κ2) is 4.63. The first kappa shape index (κ1) is 12.1. The van der Waals surface area contributed by atoms with Gasteiger partial charge >= 0.3 is 0 Å². The first-order valence-electron chi connectivity index (χ1n) is 5.81. The van der Waals surface area contributed by atoms with Crippen LogP contribution in [-0.2, 0) is 6.42 Å². The molecule has 1 atom stereocenters. The van der Waals surface area contributed by atoms with E-state index < -0.39 is 0 Å². The number of anilines is 1. The van der Waals surface area contributed by atoms with Crippen molar-refractivity contribution in [3.63, 3.8) is 0 Å². The number of thiophene rings is 1. The predicted octanol–water partition coefficient (Wildman–Crippen LogP) is 4.17. The molecule has 2 nitrogen and oxygen atoms in total. The molecule has 94 valence electrons. The molecular formula is C13H12BrFN2S. The lowest BCUT2D eigenvalue weighted by molar-refractivity contribution is 0.571. The highest BCUT2D eigenvalue weighted by Gasteiger charge is 2.27. The van der Waals surface area contributed by atoms with Crippen molar-refractivity contribution < 1.29 is 4.39 Å². The molecule has 2 aromatic rings. The van der Waals surface area contributed by atoms with Crippen LogP contribution in [0.3, 0.4) is 0 Å². The zero-order chi connectivity index (χ0) is 12.7. The van der Waals surface area contributed by atoms with Crippen molar-refractivity contribution in [3.05, 3.63) is 44.4 Å². The summed E-state index contributed by atoms with van der Waals surface area (Å²) in [6.07, 6.45) is 2.61. The fourth-order valence-corrected chi connectivity index (χ4v) is 3.68. The maximum absolute atomic E-state index is 14.0. The Kier molecular flexibility index (Phi) is 3.11. The molecule has 0 aromatic carbocycles. The number of hydrogen-bond acceptors (Lipinski definition) is 3. The quantitative estimate of drug-likeness (QED) is 0.781. The Labute approximate surface area is 118 Å². The largest absolute Gasteiger partial charge is 0.347 e. The van der Waals surface area contributed by atoms with Crippen LogP contribution in [0.5, 0.6) is 0 Å². The third kappa shape index (κ3) is 1.95. The molecule has 0 radical (unpaired) electrons. The summed E-state index contributed by atoms with van der Waals surface area (Å²) in [6, 6.07) is 3.79. The summed E-state index contributed by atoms with van der Waals surface area (Å²) in [6.45, 7) is 2.92. The molecule has 0 saturated heterocycles. The van der Waals surface area contributed by atoms with E-state index in [4.69, 9.17) is 0 Å². The Balaban J connectivity index is 1.99. The summed E-state index contributed by atoms with van der Waals surface area (Å²) >= 11 is 5.02. The molecule has 5 heteroatoms. The van der Waals surface area contributed by atoms with Crippen LogP contribution >= 0.6 is 27.3 Å². The van der Waals surface area contributed by atoms with Gasteiger partial charge in [0.15, 0.2) is 11.6 Å². The van der Waals surface area contributed by atoms with Crippen LogP contribution in [0.4, 0.5) is 10.2 Å². The molecule has 0 spiro atoms. The van der Waals surface area contributed by atoms with Crippen LogP contribution < -0.4 is 4.90 Å². The normalized spacial score (nSPS) is 18.8. The average Bonchev–Trinajstić information content (AvgIpc) is 2.80. The van der Waals surface area contributed by atoms with Crippen molar-refractivity contribution in [1.82, 2.24) is 4.98 Å². The first-order chi connectivity index (χ1) is 8.66. The van der Waals surface area contributed by atoms with Gasteiger partial charge in [-0.3, -0.25) is 0 Å². The van der Waals surface area contributed by atoms with Crippen LogP contribution in [0.15, 0.2) is 28.2 Å². The van der Waals surface area contributed by atoms with Gasteiger partial charge in [-0.05, 0) is 52.4 Å². The van der Waals surface area contributed by atoms with E-state index in [1.54, 1.807) is 17.5 Å². The fourth-order valence-electron chi connectivity index (χ4n) is 2.42.